The minimum atomic E-state index is -1.05. The predicted molar refractivity (Wildman–Crippen MR) is 116 cm³/mol. The van der Waals surface area contributed by atoms with E-state index in [0.29, 0.717) is 17.9 Å². The molecular weight excluding hydrogens is 426 g/mol. The molecule has 0 radical (unpaired) electrons. The number of hydrogen-bond acceptors (Lipinski definition) is 7. The molecule has 0 aromatic heterocycles. The molecule has 3 rings (SSSR count). The lowest BCUT2D eigenvalue weighted by molar-refractivity contribution is -0.143. The molecule has 1 aromatic rings. The molecule has 0 bridgehead atoms. The van der Waals surface area contributed by atoms with Gasteiger partial charge in [0.1, 0.15) is 12.1 Å². The summed E-state index contributed by atoms with van der Waals surface area (Å²) in [5, 5.41) is 21.6. The lowest BCUT2D eigenvalue weighted by Gasteiger charge is -2.24. The van der Waals surface area contributed by atoms with Gasteiger partial charge < -0.3 is 20.1 Å². The van der Waals surface area contributed by atoms with Crippen LogP contribution in [0.5, 0.6) is 0 Å². The van der Waals surface area contributed by atoms with Crippen LogP contribution in [0.4, 0.5) is 0 Å². The van der Waals surface area contributed by atoms with Gasteiger partial charge in [0, 0.05) is 12.1 Å². The SMILES string of the molecule is COC(=O)[C@H]1NCC[C@H]1C.Cc1ccc(C(=O)N2CC[C@@H](O)[C@H]2C(=O)NO)cc1C.Cl. The van der Waals surface area contributed by atoms with Crippen molar-refractivity contribution < 1.29 is 29.4 Å². The van der Waals surface area contributed by atoms with Crippen LogP contribution in [0, 0.1) is 19.8 Å². The molecule has 2 aliphatic heterocycles. The minimum absolute atomic E-state index is 0. The van der Waals surface area contributed by atoms with Crippen molar-refractivity contribution in [3.05, 3.63) is 34.9 Å². The number of esters is 1. The molecule has 10 heteroatoms. The van der Waals surface area contributed by atoms with Gasteiger partial charge in [-0.05, 0) is 62.4 Å². The van der Waals surface area contributed by atoms with Crippen molar-refractivity contribution in [2.24, 2.45) is 5.92 Å². The molecule has 0 spiro atoms. The van der Waals surface area contributed by atoms with Crippen molar-refractivity contribution in [2.75, 3.05) is 20.2 Å². The Hall–Kier alpha value is -2.20. The fraction of sp³-hybridized carbons (Fsp3) is 0.571. The molecule has 2 heterocycles. The van der Waals surface area contributed by atoms with Gasteiger partial charge >= 0.3 is 5.97 Å². The molecule has 174 valence electrons. The van der Waals surface area contributed by atoms with Crippen LogP contribution in [0.2, 0.25) is 0 Å². The van der Waals surface area contributed by atoms with Crippen molar-refractivity contribution in [2.45, 2.75) is 51.8 Å². The summed E-state index contributed by atoms with van der Waals surface area (Å²) in [6.07, 6.45) is 0.423. The minimum Gasteiger partial charge on any atom is -0.468 e. The standard InChI is InChI=1S/C14H18N2O4.C7H13NO2.ClH/c1-8-3-4-10(7-9(8)2)14(19)16-6-5-11(17)12(16)13(18)15-20;1-5-3-4-8-6(5)7(9)10-2;/h3-4,7,11-12,17,20H,5-6H2,1-2H3,(H,15,18);5-6,8H,3-4H2,1-2H3;1H/t11-,12+;5-,6+;/m11./s1. The Kier molecular flexibility index (Phi) is 10.4. The van der Waals surface area contributed by atoms with E-state index in [4.69, 9.17) is 5.21 Å². The molecule has 2 fully saturated rings. The van der Waals surface area contributed by atoms with Crippen molar-refractivity contribution >= 4 is 30.2 Å². The van der Waals surface area contributed by atoms with E-state index in [1.54, 1.807) is 12.1 Å². The van der Waals surface area contributed by atoms with Gasteiger partial charge in [0.15, 0.2) is 0 Å². The lowest BCUT2D eigenvalue weighted by atomic mass is 10.0. The average Bonchev–Trinajstić information content (AvgIpc) is 3.34. The third kappa shape index (κ3) is 6.39. The summed E-state index contributed by atoms with van der Waals surface area (Å²) in [5.74, 6) is -0.803. The van der Waals surface area contributed by atoms with Crippen molar-refractivity contribution in [3.63, 3.8) is 0 Å². The number of hydroxylamine groups is 1. The monoisotopic (exact) mass is 457 g/mol. The average molecular weight is 458 g/mol. The summed E-state index contributed by atoms with van der Waals surface area (Å²) in [6.45, 7) is 7.13. The lowest BCUT2D eigenvalue weighted by Crippen LogP contribution is -2.49. The summed E-state index contributed by atoms with van der Waals surface area (Å²) in [4.78, 5) is 36.2. The number of aliphatic hydroxyl groups excluding tert-OH is 1. The maximum absolute atomic E-state index is 12.4. The molecule has 2 aliphatic rings. The van der Waals surface area contributed by atoms with Gasteiger partial charge in [0.05, 0.1) is 13.2 Å². The van der Waals surface area contributed by atoms with Crippen LogP contribution < -0.4 is 10.8 Å². The van der Waals surface area contributed by atoms with Crippen LogP contribution in [-0.4, -0.2) is 71.4 Å². The number of carbonyl (C=O) groups excluding carboxylic acids is 3. The van der Waals surface area contributed by atoms with Gasteiger partial charge in [-0.2, -0.15) is 0 Å². The first-order valence-electron chi connectivity index (χ1n) is 10.0. The Morgan fingerprint density at radius 1 is 1.19 bits per heavy atom. The number of nitrogens with one attached hydrogen (secondary N) is 2. The predicted octanol–water partition coefficient (Wildman–Crippen LogP) is 0.963. The van der Waals surface area contributed by atoms with E-state index >= 15 is 0 Å². The Labute approximate surface area is 188 Å². The Bertz CT molecular complexity index is 790. The molecular formula is C21H32ClN3O6. The number of aryl methyl sites for hydroxylation is 2. The molecule has 2 amide bonds. The molecule has 4 atom stereocenters. The quantitative estimate of drug-likeness (QED) is 0.302. The Balaban J connectivity index is 0.000000370. The summed E-state index contributed by atoms with van der Waals surface area (Å²) in [6, 6.07) is 4.19. The first kappa shape index (κ1) is 26.8. The zero-order valence-electron chi connectivity index (χ0n) is 18.3. The second-order valence-electron chi connectivity index (χ2n) is 7.80. The summed E-state index contributed by atoms with van der Waals surface area (Å²) >= 11 is 0. The van der Waals surface area contributed by atoms with Gasteiger partial charge in [-0.3, -0.25) is 19.6 Å². The van der Waals surface area contributed by atoms with Crippen LogP contribution in [0.1, 0.15) is 41.3 Å². The fourth-order valence-corrected chi connectivity index (χ4v) is 3.70. The number of methoxy groups -OCH3 is 1. The van der Waals surface area contributed by atoms with E-state index in [-0.39, 0.29) is 36.9 Å². The topological polar surface area (TPSA) is 128 Å². The molecule has 2 saturated heterocycles. The maximum atomic E-state index is 12.4. The van der Waals surface area contributed by atoms with E-state index in [1.807, 2.05) is 19.9 Å². The van der Waals surface area contributed by atoms with E-state index in [2.05, 4.69) is 17.0 Å². The number of ether oxygens (including phenoxy) is 1. The van der Waals surface area contributed by atoms with Gasteiger partial charge in [0.25, 0.3) is 11.8 Å². The molecule has 0 aliphatic carbocycles. The number of likely N-dealkylation sites (tertiary alicyclic amines) is 1. The second kappa shape index (κ2) is 12.0. The Morgan fingerprint density at radius 2 is 1.87 bits per heavy atom. The van der Waals surface area contributed by atoms with Crippen LogP contribution >= 0.6 is 12.4 Å². The molecule has 9 nitrogen and oxygen atoms in total. The third-order valence-electron chi connectivity index (χ3n) is 5.75. The molecule has 0 saturated carbocycles. The fourth-order valence-electron chi connectivity index (χ4n) is 3.70. The highest BCUT2D eigenvalue weighted by Crippen LogP contribution is 2.22. The first-order chi connectivity index (χ1) is 14.2. The summed E-state index contributed by atoms with van der Waals surface area (Å²) in [5.41, 5.74) is 4.03. The molecule has 4 N–H and O–H groups in total. The van der Waals surface area contributed by atoms with E-state index in [0.717, 1.165) is 24.1 Å². The van der Waals surface area contributed by atoms with Gasteiger partial charge in [0.2, 0.25) is 0 Å². The third-order valence-corrected chi connectivity index (χ3v) is 5.75. The summed E-state index contributed by atoms with van der Waals surface area (Å²) in [7, 11) is 1.43. The molecule has 31 heavy (non-hydrogen) atoms. The number of amides is 2. The number of hydrogen-bond donors (Lipinski definition) is 4. The number of aliphatic hydroxyl groups is 1. The van der Waals surface area contributed by atoms with Gasteiger partial charge in [-0.1, -0.05) is 13.0 Å². The zero-order chi connectivity index (χ0) is 22.4. The highest BCUT2D eigenvalue weighted by molar-refractivity contribution is 5.98. The molecule has 1 aromatic carbocycles. The molecule has 0 unspecified atom stereocenters. The van der Waals surface area contributed by atoms with E-state index in [9.17, 15) is 19.5 Å². The van der Waals surface area contributed by atoms with E-state index in [1.165, 1.54) is 17.5 Å². The largest absolute Gasteiger partial charge is 0.468 e. The number of nitrogens with zero attached hydrogens (tertiary/aromatic N) is 1. The zero-order valence-corrected chi connectivity index (χ0v) is 19.1. The van der Waals surface area contributed by atoms with Crippen LogP contribution in [0.3, 0.4) is 0 Å². The van der Waals surface area contributed by atoms with Crippen molar-refractivity contribution in [1.82, 2.24) is 15.7 Å². The van der Waals surface area contributed by atoms with E-state index < -0.39 is 18.1 Å². The normalized spacial score (nSPS) is 24.5. The van der Waals surface area contributed by atoms with Gasteiger partial charge in [-0.25, -0.2) is 5.48 Å². The van der Waals surface area contributed by atoms with Crippen molar-refractivity contribution in [1.29, 1.82) is 0 Å². The Morgan fingerprint density at radius 3 is 2.39 bits per heavy atom. The second-order valence-corrected chi connectivity index (χ2v) is 7.80. The highest BCUT2D eigenvalue weighted by atomic mass is 35.5. The first-order valence-corrected chi connectivity index (χ1v) is 10.0. The van der Waals surface area contributed by atoms with Crippen LogP contribution in [0.15, 0.2) is 18.2 Å². The van der Waals surface area contributed by atoms with Crippen LogP contribution in [0.25, 0.3) is 0 Å². The number of halogens is 1. The van der Waals surface area contributed by atoms with Crippen LogP contribution in [-0.2, 0) is 14.3 Å². The van der Waals surface area contributed by atoms with Gasteiger partial charge in [-0.15, -0.1) is 12.4 Å². The smallest absolute Gasteiger partial charge is 0.323 e. The maximum Gasteiger partial charge on any atom is 0.323 e. The van der Waals surface area contributed by atoms with Crippen molar-refractivity contribution in [3.8, 4) is 0 Å². The number of carbonyl (C=O) groups is 3. The number of benzene rings is 1. The summed E-state index contributed by atoms with van der Waals surface area (Å²) < 4.78 is 4.60. The highest BCUT2D eigenvalue weighted by Gasteiger charge is 2.41. The number of rotatable bonds is 3.